The molecule has 0 N–H and O–H groups in total. The molecule has 5 heteroatoms. The number of carbonyl (C=O) groups is 2. The summed E-state index contributed by atoms with van der Waals surface area (Å²) >= 11 is 0. The van der Waals surface area contributed by atoms with E-state index in [-0.39, 0.29) is 18.2 Å². The molecule has 0 saturated carbocycles. The van der Waals surface area contributed by atoms with Gasteiger partial charge in [0.05, 0.1) is 29.8 Å². The number of hydrogen-bond acceptors (Lipinski definition) is 4. The lowest BCUT2D eigenvalue weighted by molar-refractivity contribution is -0.124. The van der Waals surface area contributed by atoms with E-state index >= 15 is 0 Å². The maximum absolute atomic E-state index is 12.2. The van der Waals surface area contributed by atoms with E-state index in [2.05, 4.69) is 0 Å². The van der Waals surface area contributed by atoms with Crippen molar-refractivity contribution in [3.05, 3.63) is 23.8 Å². The Morgan fingerprint density at radius 2 is 2.05 bits per heavy atom. The molecule has 0 unspecified atom stereocenters. The van der Waals surface area contributed by atoms with Crippen LogP contribution in [-0.4, -0.2) is 18.9 Å². The van der Waals surface area contributed by atoms with Crippen LogP contribution in [0.3, 0.4) is 0 Å². The zero-order valence-corrected chi connectivity index (χ0v) is 11.1. The number of amides is 2. The molecule has 2 rings (SSSR count). The van der Waals surface area contributed by atoms with Gasteiger partial charge in [-0.25, -0.2) is 4.90 Å². The van der Waals surface area contributed by atoms with Crippen LogP contribution in [0.5, 0.6) is 5.75 Å². The molecule has 1 heterocycles. The van der Waals surface area contributed by atoms with E-state index in [1.165, 1.54) is 13.2 Å². The molecule has 0 aliphatic carbocycles. The average Bonchev–Trinajstić information content (AvgIpc) is 2.58. The van der Waals surface area contributed by atoms with E-state index in [4.69, 9.17) is 10.00 Å². The van der Waals surface area contributed by atoms with Crippen molar-refractivity contribution in [2.45, 2.75) is 20.3 Å². The predicted octanol–water partition coefficient (Wildman–Crippen LogP) is 1.86. The molecule has 1 aromatic rings. The highest BCUT2D eigenvalue weighted by Crippen LogP contribution is 2.39. The summed E-state index contributed by atoms with van der Waals surface area (Å²) in [6.45, 7) is 3.48. The summed E-state index contributed by atoms with van der Waals surface area (Å²) in [4.78, 5) is 25.4. The minimum absolute atomic E-state index is 0.176. The van der Waals surface area contributed by atoms with Crippen molar-refractivity contribution in [2.24, 2.45) is 5.41 Å². The van der Waals surface area contributed by atoms with Crippen molar-refractivity contribution in [3.63, 3.8) is 0 Å². The van der Waals surface area contributed by atoms with Gasteiger partial charge in [0.25, 0.3) is 0 Å². The van der Waals surface area contributed by atoms with Crippen molar-refractivity contribution in [2.75, 3.05) is 12.0 Å². The first-order valence-corrected chi connectivity index (χ1v) is 5.86. The monoisotopic (exact) mass is 258 g/mol. The predicted molar refractivity (Wildman–Crippen MR) is 68.6 cm³/mol. The maximum atomic E-state index is 12.2. The standard InChI is InChI=1S/C14H14N2O3/c1-14(2)7-12(17)16(13(14)18)10-5-4-9(8-15)6-11(10)19-3/h4-6H,7H2,1-3H3. The molecule has 0 bridgehead atoms. The molecule has 0 radical (unpaired) electrons. The van der Waals surface area contributed by atoms with Gasteiger partial charge in [0.2, 0.25) is 11.8 Å². The quantitative estimate of drug-likeness (QED) is 0.759. The first-order valence-electron chi connectivity index (χ1n) is 5.86. The highest BCUT2D eigenvalue weighted by Gasteiger charge is 2.46. The van der Waals surface area contributed by atoms with Crippen LogP contribution in [0, 0.1) is 16.7 Å². The summed E-state index contributed by atoms with van der Waals surface area (Å²) in [5.41, 5.74) is 0.108. The Hall–Kier alpha value is -2.35. The maximum Gasteiger partial charge on any atom is 0.240 e. The fraction of sp³-hybridized carbons (Fsp3) is 0.357. The van der Waals surface area contributed by atoms with Crippen LogP contribution in [0.25, 0.3) is 0 Å². The molecule has 1 aliphatic rings. The van der Waals surface area contributed by atoms with Gasteiger partial charge in [-0.1, -0.05) is 13.8 Å². The second-order valence-corrected chi connectivity index (χ2v) is 5.09. The average molecular weight is 258 g/mol. The Morgan fingerprint density at radius 1 is 1.37 bits per heavy atom. The Kier molecular flexibility index (Phi) is 3.03. The van der Waals surface area contributed by atoms with Gasteiger partial charge in [-0.05, 0) is 12.1 Å². The number of ether oxygens (including phenoxy) is 1. The fourth-order valence-corrected chi connectivity index (χ4v) is 2.12. The number of methoxy groups -OCH3 is 1. The highest BCUT2D eigenvalue weighted by molar-refractivity contribution is 6.22. The summed E-state index contributed by atoms with van der Waals surface area (Å²) in [6.07, 6.45) is 0.176. The van der Waals surface area contributed by atoms with Gasteiger partial charge in [0, 0.05) is 12.5 Å². The molecule has 0 atom stereocenters. The van der Waals surface area contributed by atoms with Crippen LogP contribution in [-0.2, 0) is 9.59 Å². The van der Waals surface area contributed by atoms with Crippen molar-refractivity contribution >= 4 is 17.5 Å². The second kappa shape index (κ2) is 4.39. The molecule has 1 aliphatic heterocycles. The number of hydrogen-bond donors (Lipinski definition) is 0. The van der Waals surface area contributed by atoms with Crippen LogP contribution < -0.4 is 9.64 Å². The molecular formula is C14H14N2O3. The van der Waals surface area contributed by atoms with Gasteiger partial charge >= 0.3 is 0 Å². The lowest BCUT2D eigenvalue weighted by atomic mass is 9.92. The minimum Gasteiger partial charge on any atom is -0.495 e. The van der Waals surface area contributed by atoms with Gasteiger partial charge in [-0.3, -0.25) is 9.59 Å². The number of benzene rings is 1. The van der Waals surface area contributed by atoms with Gasteiger partial charge in [0.15, 0.2) is 0 Å². The smallest absolute Gasteiger partial charge is 0.240 e. The van der Waals surface area contributed by atoms with Crippen LogP contribution in [0.15, 0.2) is 18.2 Å². The molecule has 0 spiro atoms. The van der Waals surface area contributed by atoms with Crippen molar-refractivity contribution in [3.8, 4) is 11.8 Å². The van der Waals surface area contributed by atoms with Crippen LogP contribution >= 0.6 is 0 Å². The van der Waals surface area contributed by atoms with Crippen molar-refractivity contribution in [1.82, 2.24) is 0 Å². The van der Waals surface area contributed by atoms with Crippen LogP contribution in [0.4, 0.5) is 5.69 Å². The van der Waals surface area contributed by atoms with Gasteiger partial charge in [0.1, 0.15) is 5.75 Å². The van der Waals surface area contributed by atoms with Crippen molar-refractivity contribution in [1.29, 1.82) is 5.26 Å². The number of rotatable bonds is 2. The first-order chi connectivity index (χ1) is 8.90. The van der Waals surface area contributed by atoms with E-state index in [1.807, 2.05) is 6.07 Å². The van der Waals surface area contributed by atoms with E-state index < -0.39 is 5.41 Å². The summed E-state index contributed by atoms with van der Waals surface area (Å²) in [7, 11) is 1.44. The third-order valence-corrected chi connectivity index (χ3v) is 3.17. The summed E-state index contributed by atoms with van der Waals surface area (Å²) < 4.78 is 5.17. The van der Waals surface area contributed by atoms with E-state index in [9.17, 15) is 9.59 Å². The topological polar surface area (TPSA) is 70.4 Å². The van der Waals surface area contributed by atoms with E-state index in [1.54, 1.807) is 26.0 Å². The number of carbonyl (C=O) groups excluding carboxylic acids is 2. The van der Waals surface area contributed by atoms with Crippen molar-refractivity contribution < 1.29 is 14.3 Å². The first kappa shape index (κ1) is 13.1. The van der Waals surface area contributed by atoms with Crippen LogP contribution in [0.2, 0.25) is 0 Å². The highest BCUT2D eigenvalue weighted by atomic mass is 16.5. The molecule has 1 fully saturated rings. The second-order valence-electron chi connectivity index (χ2n) is 5.09. The van der Waals surface area contributed by atoms with Gasteiger partial charge < -0.3 is 4.74 Å². The number of nitrogens with zero attached hydrogens (tertiary/aromatic N) is 2. The normalized spacial score (nSPS) is 17.5. The zero-order chi connectivity index (χ0) is 14.2. The molecule has 1 saturated heterocycles. The SMILES string of the molecule is COc1cc(C#N)ccc1N1C(=O)CC(C)(C)C1=O. The molecule has 0 aromatic heterocycles. The van der Waals surface area contributed by atoms with E-state index in [0.29, 0.717) is 17.0 Å². The Labute approximate surface area is 111 Å². The van der Waals surface area contributed by atoms with E-state index in [0.717, 1.165) is 4.90 Å². The van der Waals surface area contributed by atoms with Gasteiger partial charge in [-0.15, -0.1) is 0 Å². The Morgan fingerprint density at radius 3 is 2.53 bits per heavy atom. The third kappa shape index (κ3) is 2.06. The third-order valence-electron chi connectivity index (χ3n) is 3.17. The molecular weight excluding hydrogens is 244 g/mol. The Bertz CT molecular complexity index is 599. The summed E-state index contributed by atoms with van der Waals surface area (Å²) in [5, 5.41) is 8.85. The fourth-order valence-electron chi connectivity index (χ4n) is 2.12. The Balaban J connectivity index is 2.51. The molecule has 98 valence electrons. The summed E-state index contributed by atoms with van der Waals surface area (Å²) in [5.74, 6) is -0.156. The molecule has 2 amide bonds. The molecule has 19 heavy (non-hydrogen) atoms. The molecule has 5 nitrogen and oxygen atoms in total. The summed E-state index contributed by atoms with van der Waals surface area (Å²) in [6, 6.07) is 6.63. The van der Waals surface area contributed by atoms with Gasteiger partial charge in [-0.2, -0.15) is 5.26 Å². The lowest BCUT2D eigenvalue weighted by Crippen LogP contribution is -2.33. The lowest BCUT2D eigenvalue weighted by Gasteiger charge is -2.20. The minimum atomic E-state index is -0.698. The molecule has 1 aromatic carbocycles. The number of nitriles is 1. The number of anilines is 1. The largest absolute Gasteiger partial charge is 0.495 e. The number of imide groups is 1. The zero-order valence-electron chi connectivity index (χ0n) is 11.1. The van der Waals surface area contributed by atoms with Crippen LogP contribution in [0.1, 0.15) is 25.8 Å².